The van der Waals surface area contributed by atoms with Crippen LogP contribution < -0.4 is 16.4 Å². The number of anilines is 1. The number of rotatable bonds is 4. The second-order valence-electron chi connectivity index (χ2n) is 9.28. The number of hydrogen-bond donors (Lipinski definition) is 2. The van der Waals surface area contributed by atoms with E-state index in [0.29, 0.717) is 38.7 Å². The number of amides is 2. The Kier molecular flexibility index (Phi) is 7.42. The number of primary amides is 1. The molecule has 3 heterocycles. The maximum Gasteiger partial charge on any atom is 0.410 e. The number of guanidine groups is 1. The predicted octanol–water partition coefficient (Wildman–Crippen LogP) is 1.15. The van der Waals surface area contributed by atoms with E-state index in [1.807, 2.05) is 37.8 Å². The molecular formula is C22H35N7O3. The predicted molar refractivity (Wildman–Crippen MR) is 123 cm³/mol. The fourth-order valence-electron chi connectivity index (χ4n) is 3.93. The van der Waals surface area contributed by atoms with Crippen molar-refractivity contribution in [3.05, 3.63) is 23.9 Å². The van der Waals surface area contributed by atoms with Gasteiger partial charge in [0, 0.05) is 56.9 Å². The summed E-state index contributed by atoms with van der Waals surface area (Å²) in [7, 11) is 0. The molecule has 0 atom stereocenters. The number of piperidine rings is 1. The van der Waals surface area contributed by atoms with Gasteiger partial charge in [0.15, 0.2) is 5.96 Å². The van der Waals surface area contributed by atoms with Gasteiger partial charge in [-0.1, -0.05) is 6.07 Å². The van der Waals surface area contributed by atoms with Gasteiger partial charge in [0.1, 0.15) is 11.4 Å². The third-order valence-corrected chi connectivity index (χ3v) is 5.73. The largest absolute Gasteiger partial charge is 0.444 e. The minimum atomic E-state index is -0.509. The van der Waals surface area contributed by atoms with Crippen molar-refractivity contribution in [1.29, 1.82) is 0 Å². The Bertz CT molecular complexity index is 836. The first-order chi connectivity index (χ1) is 15.1. The van der Waals surface area contributed by atoms with Crippen LogP contribution in [0.1, 0.15) is 39.2 Å². The summed E-state index contributed by atoms with van der Waals surface area (Å²) in [6, 6.07) is 3.89. The van der Waals surface area contributed by atoms with Crippen molar-refractivity contribution in [3.8, 4) is 0 Å². The number of nitrogens with two attached hydrogens (primary N) is 2. The van der Waals surface area contributed by atoms with Gasteiger partial charge in [-0.05, 0) is 39.7 Å². The number of hydrogen-bond acceptors (Lipinski definition) is 6. The maximum absolute atomic E-state index is 12.2. The molecule has 10 nitrogen and oxygen atoms in total. The first-order valence-corrected chi connectivity index (χ1v) is 11.1. The summed E-state index contributed by atoms with van der Waals surface area (Å²) in [4.78, 5) is 38.7. The van der Waals surface area contributed by atoms with Crippen molar-refractivity contribution in [2.75, 3.05) is 44.2 Å². The van der Waals surface area contributed by atoms with Crippen LogP contribution >= 0.6 is 0 Å². The van der Waals surface area contributed by atoms with Crippen molar-refractivity contribution < 1.29 is 14.3 Å². The molecule has 0 bridgehead atoms. The first-order valence-electron chi connectivity index (χ1n) is 11.1. The van der Waals surface area contributed by atoms with E-state index in [1.54, 1.807) is 11.1 Å². The molecule has 2 fully saturated rings. The number of carbonyl (C=O) groups is 2. The fraction of sp³-hybridized carbons (Fsp3) is 0.636. The Morgan fingerprint density at radius 3 is 2.31 bits per heavy atom. The molecule has 176 valence electrons. The second-order valence-corrected chi connectivity index (χ2v) is 9.28. The van der Waals surface area contributed by atoms with Crippen molar-refractivity contribution in [3.63, 3.8) is 0 Å². The number of aliphatic imine (C=N–C) groups is 1. The van der Waals surface area contributed by atoms with E-state index in [4.69, 9.17) is 16.2 Å². The van der Waals surface area contributed by atoms with Crippen LogP contribution in [0.4, 0.5) is 10.6 Å². The fourth-order valence-corrected chi connectivity index (χ4v) is 3.93. The minimum absolute atomic E-state index is 0.0635. The molecule has 1 aromatic rings. The van der Waals surface area contributed by atoms with Crippen molar-refractivity contribution >= 4 is 23.8 Å². The molecule has 10 heteroatoms. The van der Waals surface area contributed by atoms with Crippen LogP contribution in [0.2, 0.25) is 0 Å². The molecule has 3 rings (SSSR count). The van der Waals surface area contributed by atoms with Crippen LogP contribution in [0.15, 0.2) is 23.3 Å². The van der Waals surface area contributed by atoms with E-state index < -0.39 is 5.60 Å². The van der Waals surface area contributed by atoms with Crippen molar-refractivity contribution in [1.82, 2.24) is 14.8 Å². The highest BCUT2D eigenvalue weighted by atomic mass is 16.6. The zero-order valence-corrected chi connectivity index (χ0v) is 19.3. The standard InChI is InChI=1S/C22H35N7O3/c1-22(2,3)32-21(31)29-13-11-28(12-14-29)20(24)26-15-17-5-4-8-25-19(17)27-9-6-16(7-10-27)18(23)30/h4-5,8,16H,6-7,9-15H2,1-3H3,(H2,23,30)(H2,24,26). The topological polar surface area (TPSA) is 130 Å². The van der Waals surface area contributed by atoms with Crippen LogP contribution in [0.3, 0.4) is 0 Å². The Morgan fingerprint density at radius 2 is 1.72 bits per heavy atom. The Morgan fingerprint density at radius 1 is 1.09 bits per heavy atom. The van der Waals surface area contributed by atoms with E-state index in [1.165, 1.54) is 0 Å². The zero-order chi connectivity index (χ0) is 23.3. The summed E-state index contributed by atoms with van der Waals surface area (Å²) >= 11 is 0. The summed E-state index contributed by atoms with van der Waals surface area (Å²) in [6.07, 6.45) is 2.94. The Labute approximate surface area is 189 Å². The van der Waals surface area contributed by atoms with Gasteiger partial charge in [0.05, 0.1) is 6.54 Å². The van der Waals surface area contributed by atoms with Gasteiger partial charge < -0.3 is 30.9 Å². The maximum atomic E-state index is 12.2. The number of ether oxygens (including phenoxy) is 1. The molecule has 32 heavy (non-hydrogen) atoms. The molecule has 0 saturated carbocycles. The molecule has 0 spiro atoms. The van der Waals surface area contributed by atoms with Gasteiger partial charge in [-0.3, -0.25) is 4.79 Å². The quantitative estimate of drug-likeness (QED) is 0.525. The minimum Gasteiger partial charge on any atom is -0.444 e. The van der Waals surface area contributed by atoms with Gasteiger partial charge >= 0.3 is 6.09 Å². The van der Waals surface area contributed by atoms with Gasteiger partial charge in [-0.2, -0.15) is 0 Å². The van der Waals surface area contributed by atoms with E-state index in [0.717, 1.165) is 37.3 Å². The molecular weight excluding hydrogens is 410 g/mol. The highest BCUT2D eigenvalue weighted by Crippen LogP contribution is 2.25. The van der Waals surface area contributed by atoms with Crippen LogP contribution in [0.5, 0.6) is 0 Å². The Balaban J connectivity index is 1.56. The third-order valence-electron chi connectivity index (χ3n) is 5.73. The molecule has 4 N–H and O–H groups in total. The molecule has 2 amide bonds. The van der Waals surface area contributed by atoms with Crippen LogP contribution in [-0.4, -0.2) is 77.6 Å². The number of pyridine rings is 1. The first kappa shape index (κ1) is 23.6. The lowest BCUT2D eigenvalue weighted by Gasteiger charge is -2.36. The SMILES string of the molecule is CC(C)(C)OC(=O)N1CCN(C(N)=NCc2cccnc2N2CCC(C(N)=O)CC2)CC1. The van der Waals surface area contributed by atoms with Gasteiger partial charge in [-0.25, -0.2) is 14.8 Å². The van der Waals surface area contributed by atoms with E-state index in [-0.39, 0.29) is 17.9 Å². The lowest BCUT2D eigenvalue weighted by molar-refractivity contribution is -0.122. The van der Waals surface area contributed by atoms with Crippen LogP contribution in [0, 0.1) is 5.92 Å². The smallest absolute Gasteiger partial charge is 0.410 e. The lowest BCUT2D eigenvalue weighted by Crippen LogP contribution is -2.53. The van der Waals surface area contributed by atoms with Crippen molar-refractivity contribution in [2.24, 2.45) is 22.4 Å². The monoisotopic (exact) mass is 445 g/mol. The molecule has 2 saturated heterocycles. The summed E-state index contributed by atoms with van der Waals surface area (Å²) in [5.41, 5.74) is 12.2. The van der Waals surface area contributed by atoms with Gasteiger partial charge in [0.25, 0.3) is 0 Å². The number of aromatic nitrogens is 1. The van der Waals surface area contributed by atoms with E-state index in [9.17, 15) is 9.59 Å². The molecule has 0 aromatic carbocycles. The Hall–Kier alpha value is -3.04. The van der Waals surface area contributed by atoms with Crippen LogP contribution in [0.25, 0.3) is 0 Å². The molecule has 0 aliphatic carbocycles. The molecule has 1 aromatic heterocycles. The highest BCUT2D eigenvalue weighted by Gasteiger charge is 2.27. The summed E-state index contributed by atoms with van der Waals surface area (Å²) in [6.45, 7) is 9.76. The van der Waals surface area contributed by atoms with E-state index >= 15 is 0 Å². The van der Waals surface area contributed by atoms with Gasteiger partial charge in [0.2, 0.25) is 5.91 Å². The number of carbonyl (C=O) groups excluding carboxylic acids is 2. The zero-order valence-electron chi connectivity index (χ0n) is 19.3. The number of nitrogens with zero attached hydrogens (tertiary/aromatic N) is 5. The van der Waals surface area contributed by atoms with Crippen molar-refractivity contribution in [2.45, 2.75) is 45.8 Å². The average molecular weight is 446 g/mol. The molecule has 2 aliphatic rings. The molecule has 2 aliphatic heterocycles. The highest BCUT2D eigenvalue weighted by molar-refractivity contribution is 5.79. The van der Waals surface area contributed by atoms with Crippen LogP contribution in [-0.2, 0) is 16.1 Å². The second kappa shape index (κ2) is 10.1. The number of piperazine rings is 1. The third kappa shape index (κ3) is 6.24. The molecule has 0 radical (unpaired) electrons. The average Bonchev–Trinajstić information content (AvgIpc) is 2.76. The summed E-state index contributed by atoms with van der Waals surface area (Å²) in [5, 5.41) is 0. The molecule has 0 unspecified atom stereocenters. The lowest BCUT2D eigenvalue weighted by atomic mass is 9.96. The van der Waals surface area contributed by atoms with E-state index in [2.05, 4.69) is 14.9 Å². The summed E-state index contributed by atoms with van der Waals surface area (Å²) < 4.78 is 5.44. The normalized spacial score (nSPS) is 18.6. The van der Waals surface area contributed by atoms with Gasteiger partial charge in [-0.15, -0.1) is 0 Å². The summed E-state index contributed by atoms with van der Waals surface area (Å²) in [5.74, 6) is 1.04.